The quantitative estimate of drug-likeness (QED) is 0.702. The Kier molecular flexibility index (Phi) is 5.70. The van der Waals surface area contributed by atoms with Crippen LogP contribution >= 0.6 is 11.8 Å². The zero-order valence-electron chi connectivity index (χ0n) is 12.8. The summed E-state index contributed by atoms with van der Waals surface area (Å²) < 4.78 is 27.9. The van der Waals surface area contributed by atoms with Crippen molar-refractivity contribution in [2.24, 2.45) is 0 Å². The van der Waals surface area contributed by atoms with Crippen molar-refractivity contribution in [2.45, 2.75) is 56.0 Å². The van der Waals surface area contributed by atoms with Gasteiger partial charge < -0.3 is 5.32 Å². The van der Waals surface area contributed by atoms with E-state index in [0.717, 1.165) is 30.7 Å². The van der Waals surface area contributed by atoms with E-state index in [1.165, 1.54) is 0 Å². The molecule has 1 saturated carbocycles. The molecule has 6 nitrogen and oxygen atoms in total. The Morgan fingerprint density at radius 3 is 2.86 bits per heavy atom. The molecule has 1 aromatic heterocycles. The molecule has 2 atom stereocenters. The van der Waals surface area contributed by atoms with Crippen molar-refractivity contribution < 1.29 is 8.42 Å². The minimum Gasteiger partial charge on any atom is -0.316 e. The van der Waals surface area contributed by atoms with E-state index in [0.29, 0.717) is 17.4 Å². The summed E-state index contributed by atoms with van der Waals surface area (Å²) in [7, 11) is -1.76. The van der Waals surface area contributed by atoms with Crippen LogP contribution in [0.15, 0.2) is 5.03 Å². The molecule has 1 aromatic rings. The van der Waals surface area contributed by atoms with Gasteiger partial charge in [-0.2, -0.15) is 16.9 Å². The Morgan fingerprint density at radius 1 is 1.43 bits per heavy atom. The molecule has 0 bridgehead atoms. The first-order chi connectivity index (χ1) is 9.97. The van der Waals surface area contributed by atoms with Gasteiger partial charge in [0.05, 0.1) is 0 Å². The van der Waals surface area contributed by atoms with Gasteiger partial charge in [0.2, 0.25) is 0 Å². The number of aromatic amines is 1. The van der Waals surface area contributed by atoms with Crippen LogP contribution in [-0.4, -0.2) is 42.7 Å². The van der Waals surface area contributed by atoms with Crippen molar-refractivity contribution in [1.82, 2.24) is 20.2 Å². The number of sulfonamides is 1. The van der Waals surface area contributed by atoms with Gasteiger partial charge in [-0.15, -0.1) is 0 Å². The Morgan fingerprint density at radius 2 is 2.19 bits per heavy atom. The van der Waals surface area contributed by atoms with Crippen LogP contribution in [0.25, 0.3) is 0 Å². The zero-order valence-corrected chi connectivity index (χ0v) is 14.4. The standard InChI is InChI=1S/C13H24N4O2S2/c1-4-20-11-6-5-10(7-11)17-21(18,19)13-12(8-14-3)9(2)15-16-13/h10-11,14,17H,4-8H2,1-3H3,(H,15,16). The summed E-state index contributed by atoms with van der Waals surface area (Å²) in [6.07, 6.45) is 2.89. The van der Waals surface area contributed by atoms with Crippen LogP contribution in [0, 0.1) is 6.92 Å². The van der Waals surface area contributed by atoms with Crippen molar-refractivity contribution in [3.63, 3.8) is 0 Å². The van der Waals surface area contributed by atoms with Gasteiger partial charge in [0, 0.05) is 29.1 Å². The predicted molar refractivity (Wildman–Crippen MR) is 86.0 cm³/mol. The molecule has 1 fully saturated rings. The highest BCUT2D eigenvalue weighted by molar-refractivity contribution is 7.99. The second-order valence-electron chi connectivity index (χ2n) is 5.37. The summed E-state index contributed by atoms with van der Waals surface area (Å²) in [5.74, 6) is 1.08. The largest absolute Gasteiger partial charge is 0.316 e. The molecule has 2 unspecified atom stereocenters. The van der Waals surface area contributed by atoms with Gasteiger partial charge in [-0.3, -0.25) is 5.10 Å². The molecule has 1 aliphatic rings. The molecule has 120 valence electrons. The smallest absolute Gasteiger partial charge is 0.260 e. The fourth-order valence-corrected chi connectivity index (χ4v) is 5.37. The predicted octanol–water partition coefficient (Wildman–Crippen LogP) is 1.39. The van der Waals surface area contributed by atoms with Crippen LogP contribution in [0.5, 0.6) is 0 Å². The van der Waals surface area contributed by atoms with Crippen LogP contribution in [0.3, 0.4) is 0 Å². The first-order valence-corrected chi connectivity index (χ1v) is 9.83. The average Bonchev–Trinajstić information content (AvgIpc) is 2.98. The number of aryl methyl sites for hydroxylation is 1. The van der Waals surface area contributed by atoms with Crippen LogP contribution in [0.2, 0.25) is 0 Å². The fraction of sp³-hybridized carbons (Fsp3) is 0.769. The van der Waals surface area contributed by atoms with Crippen molar-refractivity contribution in [3.05, 3.63) is 11.3 Å². The van der Waals surface area contributed by atoms with E-state index >= 15 is 0 Å². The van der Waals surface area contributed by atoms with Crippen molar-refractivity contribution in [1.29, 1.82) is 0 Å². The molecule has 2 rings (SSSR count). The summed E-state index contributed by atoms with van der Waals surface area (Å²) in [6.45, 7) is 4.46. The SMILES string of the molecule is CCSC1CCC(NS(=O)(=O)c2n[nH]c(C)c2CNC)C1. The van der Waals surface area contributed by atoms with Crippen LogP contribution < -0.4 is 10.0 Å². The number of hydrogen-bond donors (Lipinski definition) is 3. The summed E-state index contributed by atoms with van der Waals surface area (Å²) in [5.41, 5.74) is 1.50. The molecular weight excluding hydrogens is 308 g/mol. The van der Waals surface area contributed by atoms with Crippen molar-refractivity contribution in [3.8, 4) is 0 Å². The van der Waals surface area contributed by atoms with E-state index in [9.17, 15) is 8.42 Å². The summed E-state index contributed by atoms with van der Waals surface area (Å²) in [5, 5.41) is 10.4. The summed E-state index contributed by atoms with van der Waals surface area (Å²) in [4.78, 5) is 0. The van der Waals surface area contributed by atoms with Gasteiger partial charge >= 0.3 is 0 Å². The van der Waals surface area contributed by atoms with Gasteiger partial charge in [0.15, 0.2) is 5.03 Å². The van der Waals surface area contributed by atoms with Crippen molar-refractivity contribution in [2.75, 3.05) is 12.8 Å². The average molecular weight is 332 g/mol. The molecule has 8 heteroatoms. The lowest BCUT2D eigenvalue weighted by Crippen LogP contribution is -2.34. The van der Waals surface area contributed by atoms with E-state index in [1.807, 2.05) is 18.7 Å². The molecular formula is C13H24N4O2S2. The van der Waals surface area contributed by atoms with Gasteiger partial charge in [-0.1, -0.05) is 6.92 Å². The molecule has 0 radical (unpaired) electrons. The fourth-order valence-electron chi connectivity index (χ4n) is 2.75. The maximum absolute atomic E-state index is 12.5. The van der Waals surface area contributed by atoms with Gasteiger partial charge in [0.1, 0.15) is 0 Å². The molecule has 0 saturated heterocycles. The van der Waals surface area contributed by atoms with Crippen LogP contribution in [-0.2, 0) is 16.6 Å². The number of aromatic nitrogens is 2. The minimum absolute atomic E-state index is 0.0264. The molecule has 21 heavy (non-hydrogen) atoms. The molecule has 3 N–H and O–H groups in total. The van der Waals surface area contributed by atoms with Gasteiger partial charge in [-0.05, 0) is 39.0 Å². The number of nitrogens with one attached hydrogen (secondary N) is 3. The van der Waals surface area contributed by atoms with Crippen LogP contribution in [0.1, 0.15) is 37.4 Å². The Bertz CT molecular complexity index is 571. The lowest BCUT2D eigenvalue weighted by atomic mass is 10.3. The third-order valence-electron chi connectivity index (χ3n) is 3.75. The molecule has 0 spiro atoms. The monoisotopic (exact) mass is 332 g/mol. The van der Waals surface area contributed by atoms with E-state index in [4.69, 9.17) is 0 Å². The zero-order chi connectivity index (χ0) is 15.5. The molecule has 0 aromatic carbocycles. The lowest BCUT2D eigenvalue weighted by Gasteiger charge is -2.13. The second-order valence-corrected chi connectivity index (χ2v) is 8.58. The van der Waals surface area contributed by atoms with Crippen molar-refractivity contribution >= 4 is 21.8 Å². The van der Waals surface area contributed by atoms with E-state index in [1.54, 1.807) is 7.05 Å². The maximum atomic E-state index is 12.5. The molecule has 1 heterocycles. The molecule has 1 aliphatic carbocycles. The third-order valence-corrected chi connectivity index (χ3v) is 6.48. The highest BCUT2D eigenvalue weighted by Gasteiger charge is 2.31. The number of thioether (sulfide) groups is 1. The van der Waals surface area contributed by atoms with Gasteiger partial charge in [0.25, 0.3) is 10.0 Å². The van der Waals surface area contributed by atoms with E-state index in [2.05, 4.69) is 27.2 Å². The number of hydrogen-bond acceptors (Lipinski definition) is 5. The second kappa shape index (κ2) is 7.13. The molecule has 0 amide bonds. The summed E-state index contributed by atoms with van der Waals surface area (Å²) in [6, 6.07) is 0.0264. The first-order valence-electron chi connectivity index (χ1n) is 7.30. The number of rotatable bonds is 7. The lowest BCUT2D eigenvalue weighted by molar-refractivity contribution is 0.547. The maximum Gasteiger partial charge on any atom is 0.260 e. The topological polar surface area (TPSA) is 86.9 Å². The molecule has 0 aliphatic heterocycles. The third kappa shape index (κ3) is 4.00. The Labute approximate surface area is 130 Å². The highest BCUT2D eigenvalue weighted by Crippen LogP contribution is 2.30. The normalized spacial score (nSPS) is 22.8. The minimum atomic E-state index is -3.56. The first kappa shape index (κ1) is 16.8. The Hall–Kier alpha value is -0.570. The van der Waals surface area contributed by atoms with E-state index < -0.39 is 10.0 Å². The van der Waals surface area contributed by atoms with Gasteiger partial charge in [-0.25, -0.2) is 13.1 Å². The van der Waals surface area contributed by atoms with Crippen LogP contribution in [0.4, 0.5) is 0 Å². The summed E-state index contributed by atoms with van der Waals surface area (Å²) >= 11 is 1.91. The number of nitrogens with zero attached hydrogens (tertiary/aromatic N) is 1. The Balaban J connectivity index is 2.09. The van der Waals surface area contributed by atoms with E-state index in [-0.39, 0.29) is 11.1 Å². The number of H-pyrrole nitrogens is 1. The highest BCUT2D eigenvalue weighted by atomic mass is 32.2.